The molecule has 6 aliphatic rings. The Morgan fingerprint density at radius 2 is 1.27 bits per heavy atom. The van der Waals surface area contributed by atoms with Gasteiger partial charge in [-0.15, -0.1) is 0 Å². The van der Waals surface area contributed by atoms with Gasteiger partial charge in [-0.2, -0.15) is 4.39 Å². The number of primary amides is 1. The topological polar surface area (TPSA) is 348 Å². The number of anilines is 1. The van der Waals surface area contributed by atoms with Crippen LogP contribution in [-0.2, 0) is 48.2 Å². The van der Waals surface area contributed by atoms with Crippen LogP contribution in [0, 0.1) is 29.6 Å². The van der Waals surface area contributed by atoms with Gasteiger partial charge in [0.2, 0.25) is 17.5 Å². The summed E-state index contributed by atoms with van der Waals surface area (Å²) in [6.07, 6.45) is 1.58. The molecule has 0 radical (unpaired) electrons. The zero-order valence-electron chi connectivity index (χ0n) is 43.5. The predicted molar refractivity (Wildman–Crippen MR) is 281 cm³/mol. The summed E-state index contributed by atoms with van der Waals surface area (Å²) in [4.78, 5) is 85.1. The van der Waals surface area contributed by atoms with Crippen molar-refractivity contribution >= 4 is 52.0 Å². The number of hydrogen-bond donors (Lipinski definition) is 11. The maximum absolute atomic E-state index is 13.9. The summed E-state index contributed by atoms with van der Waals surface area (Å²) in [5.74, 6) is -14.1. The van der Waals surface area contributed by atoms with Crippen molar-refractivity contribution in [2.45, 2.75) is 62.4 Å². The molecule has 0 unspecified atom stereocenters. The van der Waals surface area contributed by atoms with Gasteiger partial charge in [0.05, 0.1) is 28.9 Å². The number of aliphatic hydroxyl groups excluding tert-OH is 4. The van der Waals surface area contributed by atoms with Crippen LogP contribution in [0.15, 0.2) is 94.6 Å². The summed E-state index contributed by atoms with van der Waals surface area (Å²) in [5.41, 5.74) is 8.10. The molecule has 1 aromatic heterocycles. The van der Waals surface area contributed by atoms with Crippen LogP contribution in [0.3, 0.4) is 0 Å². The highest BCUT2D eigenvalue weighted by molar-refractivity contribution is 6.26. The summed E-state index contributed by atoms with van der Waals surface area (Å²) in [6, 6.07) is 12.6. The SMILES string of the molecule is CC(=O)C1=C(O)[C@@]2(O)C(=O)C3=C(O)c4c(cc(-c5ccc(F)nc5)c(N)c4O)C[C@H]3C[C@H]2[C@H](N(C)C)C1=O.CN(C)[C@@H]1C(=O)C(C(N)=O)=C(O)[C@@]2(O)C(=O)C3=C(O)c4c(O)cc(-c5ccccc5CNCCF)cc4C[C@H]3C[C@@H]12. The van der Waals surface area contributed by atoms with Gasteiger partial charge in [0.15, 0.2) is 28.6 Å². The maximum Gasteiger partial charge on any atom is 0.255 e. The number of nitrogen functional groups attached to an aromatic ring is 1. The first-order chi connectivity index (χ1) is 37.2. The number of amides is 1. The molecule has 4 aromatic rings. The molecule has 8 atom stereocenters. The van der Waals surface area contributed by atoms with E-state index in [0.29, 0.717) is 34.4 Å². The number of aliphatic hydroxyl groups is 6. The van der Waals surface area contributed by atoms with Gasteiger partial charge in [-0.05, 0) is 125 Å². The second-order valence-electron chi connectivity index (χ2n) is 21.3. The van der Waals surface area contributed by atoms with E-state index >= 15 is 0 Å². The molecule has 0 aliphatic heterocycles. The highest BCUT2D eigenvalue weighted by Crippen LogP contribution is 2.56. The summed E-state index contributed by atoms with van der Waals surface area (Å²) >= 11 is 0. The van der Waals surface area contributed by atoms with Crippen molar-refractivity contribution in [3.8, 4) is 33.8 Å². The number of aromatic hydroxyl groups is 2. The third kappa shape index (κ3) is 8.56. The third-order valence-corrected chi connectivity index (χ3v) is 16.3. The van der Waals surface area contributed by atoms with Gasteiger partial charge in [0.25, 0.3) is 5.91 Å². The normalized spacial score (nSPS) is 26.3. The number of fused-ring (bicyclic) bond motifs is 6. The van der Waals surface area contributed by atoms with Crippen molar-refractivity contribution in [3.63, 3.8) is 0 Å². The number of phenolic OH excluding ortho intramolecular Hbond substituents is 2. The standard InChI is InChI=1S/C30H32FN3O7.C27H26FN3O7/c1-34(2)24-19-11-17-10-16-9-15(18-6-4-3-5-14(18)13-33-8-7-31)12-20(35)21(16)25(36)22(17)27(38)30(19,41)28(39)23(26(24)37)29(32)40;1-10(32)17-24(35)21(31(2)3)15-8-13-6-12-7-14(11-4-5-16(28)30-9-11)20(29)23(34)18(12)22(33)19(13)26(37)27(15,38)25(17)36/h3-6,9,12,17,19,24,33,35-36,39,41H,7-8,10-11,13H2,1-2H3,(H2,32,40);4-5,7,9,13,15,21,33-34,36,38H,6,8,29H2,1-3H3/t17-,19-,24-,30-;13-,15-,21-,27+/m00/s1. The second kappa shape index (κ2) is 20.3. The van der Waals surface area contributed by atoms with Crippen molar-refractivity contribution in [1.82, 2.24) is 20.1 Å². The molecule has 414 valence electrons. The van der Waals surface area contributed by atoms with E-state index in [1.54, 1.807) is 40.3 Å². The zero-order valence-corrected chi connectivity index (χ0v) is 43.5. The van der Waals surface area contributed by atoms with Crippen LogP contribution in [0.4, 0.5) is 14.5 Å². The Morgan fingerprint density at radius 1 is 0.734 bits per heavy atom. The van der Waals surface area contributed by atoms with E-state index in [0.717, 1.165) is 24.1 Å². The maximum atomic E-state index is 13.9. The number of rotatable bonds is 10. The van der Waals surface area contributed by atoms with E-state index in [1.807, 2.05) is 24.3 Å². The van der Waals surface area contributed by atoms with Crippen molar-refractivity contribution in [1.29, 1.82) is 0 Å². The van der Waals surface area contributed by atoms with E-state index in [4.69, 9.17) is 11.5 Å². The molecule has 6 aliphatic carbocycles. The molecule has 79 heavy (non-hydrogen) atoms. The molecule has 0 saturated heterocycles. The number of alkyl halides is 1. The van der Waals surface area contributed by atoms with Crippen molar-refractivity contribution in [2.75, 3.05) is 47.1 Å². The number of carbonyl (C=O) groups excluding carboxylic acids is 6. The first-order valence-electron chi connectivity index (χ1n) is 25.2. The van der Waals surface area contributed by atoms with Crippen LogP contribution in [0.1, 0.15) is 47.6 Å². The lowest BCUT2D eigenvalue weighted by Crippen LogP contribution is -2.65. The quantitative estimate of drug-likeness (QED) is 0.0356. The number of hydrogen-bond acceptors (Lipinski definition) is 19. The van der Waals surface area contributed by atoms with Crippen LogP contribution in [-0.4, -0.2) is 155 Å². The van der Waals surface area contributed by atoms with Gasteiger partial charge >= 0.3 is 0 Å². The first-order valence-corrected chi connectivity index (χ1v) is 25.2. The number of nitrogens with zero attached hydrogens (tertiary/aromatic N) is 3. The number of carbonyl (C=O) groups is 6. The minimum Gasteiger partial charge on any atom is -0.508 e. The Morgan fingerprint density at radius 3 is 1.78 bits per heavy atom. The molecule has 2 fully saturated rings. The minimum absolute atomic E-state index is 0.00345. The fourth-order valence-electron chi connectivity index (χ4n) is 12.9. The summed E-state index contributed by atoms with van der Waals surface area (Å²) in [5, 5.41) is 92.8. The number of aromatic nitrogens is 1. The van der Waals surface area contributed by atoms with E-state index in [1.165, 1.54) is 28.1 Å². The number of nitrogens with one attached hydrogen (secondary N) is 1. The average Bonchev–Trinajstić information content (AvgIpc) is 3.57. The monoisotopic (exact) mass is 1090 g/mol. The van der Waals surface area contributed by atoms with Crippen LogP contribution in [0.5, 0.6) is 11.5 Å². The van der Waals surface area contributed by atoms with Crippen LogP contribution >= 0.6 is 0 Å². The number of ketones is 5. The van der Waals surface area contributed by atoms with Crippen LogP contribution < -0.4 is 16.8 Å². The van der Waals surface area contributed by atoms with E-state index in [-0.39, 0.29) is 65.9 Å². The Bertz CT molecular complexity index is 3480. The van der Waals surface area contributed by atoms with Gasteiger partial charge in [0, 0.05) is 53.4 Å². The lowest BCUT2D eigenvalue weighted by atomic mass is 9.57. The average molecular weight is 1090 g/mol. The summed E-state index contributed by atoms with van der Waals surface area (Å²) < 4.78 is 26.0. The summed E-state index contributed by atoms with van der Waals surface area (Å²) in [7, 11) is 6.24. The molecule has 13 N–H and O–H groups in total. The van der Waals surface area contributed by atoms with Gasteiger partial charge < -0.3 is 57.6 Å². The lowest BCUT2D eigenvalue weighted by molar-refractivity contribution is -0.155. The number of phenols is 2. The lowest BCUT2D eigenvalue weighted by Gasteiger charge is -2.50. The van der Waals surface area contributed by atoms with E-state index < -0.39 is 134 Å². The minimum atomic E-state index is -2.67. The molecule has 0 spiro atoms. The Kier molecular flexibility index (Phi) is 14.3. The van der Waals surface area contributed by atoms with E-state index in [9.17, 15) is 78.4 Å². The molecule has 20 nitrogen and oxygen atoms in total. The van der Waals surface area contributed by atoms with Crippen molar-refractivity contribution in [2.24, 2.45) is 29.4 Å². The Balaban J connectivity index is 0.000000192. The molecule has 0 bridgehead atoms. The number of Topliss-reactive ketones (excluding diaryl/α,β-unsaturated/α-hetero) is 5. The van der Waals surface area contributed by atoms with Gasteiger partial charge in [-0.1, -0.05) is 30.3 Å². The zero-order chi connectivity index (χ0) is 57.6. The van der Waals surface area contributed by atoms with Gasteiger partial charge in [0.1, 0.15) is 52.4 Å². The van der Waals surface area contributed by atoms with Gasteiger partial charge in [-0.3, -0.25) is 38.6 Å². The Labute approximate surface area is 450 Å². The smallest absolute Gasteiger partial charge is 0.255 e. The fourth-order valence-corrected chi connectivity index (χ4v) is 12.9. The second-order valence-corrected chi connectivity index (χ2v) is 21.3. The fraction of sp³-hybridized carbons (Fsp3) is 0.351. The molecular weight excluding hydrogens is 1030 g/mol. The first kappa shape index (κ1) is 55.6. The number of halogens is 2. The number of benzene rings is 3. The van der Waals surface area contributed by atoms with Crippen molar-refractivity contribution < 1.29 is 78.4 Å². The van der Waals surface area contributed by atoms with E-state index in [2.05, 4.69) is 10.3 Å². The highest BCUT2D eigenvalue weighted by Gasteiger charge is 2.66. The largest absolute Gasteiger partial charge is 0.508 e. The third-order valence-electron chi connectivity index (χ3n) is 16.3. The summed E-state index contributed by atoms with van der Waals surface area (Å²) in [6.45, 7) is 1.13. The molecule has 3 aromatic carbocycles. The molecule has 2 saturated carbocycles. The van der Waals surface area contributed by atoms with Crippen molar-refractivity contribution in [3.05, 3.63) is 128 Å². The molecule has 22 heteroatoms. The number of likely N-dealkylation sites (N-methyl/N-ethyl adjacent to an activating group) is 2. The molecular formula is C57H58F2N6O14. The Hall–Kier alpha value is -8.15. The predicted octanol–water partition coefficient (Wildman–Crippen LogP) is 3.54. The van der Waals surface area contributed by atoms with Crippen LogP contribution in [0.2, 0.25) is 0 Å². The van der Waals surface area contributed by atoms with Crippen LogP contribution in [0.25, 0.3) is 33.8 Å². The molecule has 10 rings (SSSR count). The number of pyridine rings is 1. The highest BCUT2D eigenvalue weighted by atomic mass is 19.1. The number of nitrogens with two attached hydrogens (primary N) is 2. The van der Waals surface area contributed by atoms with Gasteiger partial charge in [-0.25, -0.2) is 9.37 Å². The molecule has 1 heterocycles. The molecule has 1 amide bonds.